The van der Waals surface area contributed by atoms with E-state index in [-0.39, 0.29) is 17.2 Å². The summed E-state index contributed by atoms with van der Waals surface area (Å²) >= 11 is 0. The molecule has 4 heterocycles. The average Bonchev–Trinajstić information content (AvgIpc) is 3.57. The van der Waals surface area contributed by atoms with E-state index in [1.807, 2.05) is 36.6 Å². The Bertz CT molecular complexity index is 1440. The van der Waals surface area contributed by atoms with Crippen LogP contribution in [0.15, 0.2) is 58.0 Å². The minimum atomic E-state index is -0.393. The lowest BCUT2D eigenvalue weighted by Crippen LogP contribution is -2.33. The first-order valence-corrected chi connectivity index (χ1v) is 12.2. The number of nitrogens with zero attached hydrogens (tertiary/aromatic N) is 5. The summed E-state index contributed by atoms with van der Waals surface area (Å²) in [5.74, 6) is 0.808. The van der Waals surface area contributed by atoms with Crippen LogP contribution < -0.4 is 16.1 Å². The van der Waals surface area contributed by atoms with E-state index >= 15 is 0 Å². The fraction of sp³-hybridized carbons (Fsp3) is 0.346. The van der Waals surface area contributed by atoms with Crippen molar-refractivity contribution in [1.29, 1.82) is 0 Å². The van der Waals surface area contributed by atoms with E-state index in [9.17, 15) is 9.59 Å². The van der Waals surface area contributed by atoms with Crippen LogP contribution in [0, 0.1) is 0 Å². The molecule has 5 rings (SSSR count). The standard InChI is InChI=1S/C26H29N7O3/c1-17(2)33-16-28-31-25(33)19-8-6-10-23(30-19)29-18-7-5-9-21-24(18)20(34)15-22(36-21)26(35)27-11-14-32-12-3-4-13-32/h5-10,15-17H,3-4,11-14H2,1-2H3,(H,27,35)(H,29,30). The number of fused-ring (bicyclic) bond motifs is 1. The van der Waals surface area contributed by atoms with Crippen LogP contribution in [0.2, 0.25) is 0 Å². The lowest BCUT2D eigenvalue weighted by molar-refractivity contribution is 0.0922. The van der Waals surface area contributed by atoms with E-state index in [0.29, 0.717) is 40.5 Å². The smallest absolute Gasteiger partial charge is 0.287 e. The third-order valence-corrected chi connectivity index (χ3v) is 6.26. The fourth-order valence-corrected chi connectivity index (χ4v) is 4.42. The molecule has 0 atom stereocenters. The molecule has 1 fully saturated rings. The van der Waals surface area contributed by atoms with Gasteiger partial charge in [-0.15, -0.1) is 10.2 Å². The number of anilines is 2. The molecule has 3 aromatic heterocycles. The van der Waals surface area contributed by atoms with Crippen LogP contribution in [-0.2, 0) is 0 Å². The largest absolute Gasteiger partial charge is 0.451 e. The minimum Gasteiger partial charge on any atom is -0.451 e. The molecule has 0 bridgehead atoms. The molecule has 1 amide bonds. The molecule has 1 aliphatic rings. The Balaban J connectivity index is 1.37. The maximum atomic E-state index is 13.0. The van der Waals surface area contributed by atoms with Gasteiger partial charge in [-0.1, -0.05) is 12.1 Å². The maximum absolute atomic E-state index is 13.0. The Morgan fingerprint density at radius 1 is 1.14 bits per heavy atom. The fourth-order valence-electron chi connectivity index (χ4n) is 4.42. The molecule has 1 saturated heterocycles. The van der Waals surface area contributed by atoms with Gasteiger partial charge in [0.05, 0.1) is 11.1 Å². The SMILES string of the molecule is CC(C)n1cnnc1-c1cccc(Nc2cccc3oc(C(=O)NCCN4CCCC4)cc(=O)c23)n1. The normalized spacial score (nSPS) is 14.0. The molecule has 1 aromatic carbocycles. The van der Waals surface area contributed by atoms with Gasteiger partial charge in [0, 0.05) is 25.2 Å². The van der Waals surface area contributed by atoms with Gasteiger partial charge in [0.1, 0.15) is 23.4 Å². The van der Waals surface area contributed by atoms with E-state index in [1.54, 1.807) is 24.5 Å². The van der Waals surface area contributed by atoms with Gasteiger partial charge in [-0.25, -0.2) is 4.98 Å². The van der Waals surface area contributed by atoms with E-state index in [4.69, 9.17) is 4.42 Å². The molecule has 0 radical (unpaired) electrons. The predicted molar refractivity (Wildman–Crippen MR) is 137 cm³/mol. The minimum absolute atomic E-state index is 0.000726. The summed E-state index contributed by atoms with van der Waals surface area (Å²) in [5.41, 5.74) is 1.22. The van der Waals surface area contributed by atoms with Gasteiger partial charge in [-0.3, -0.25) is 9.59 Å². The molecule has 2 N–H and O–H groups in total. The zero-order valence-electron chi connectivity index (χ0n) is 20.4. The van der Waals surface area contributed by atoms with Crippen molar-refractivity contribution in [2.75, 3.05) is 31.5 Å². The average molecular weight is 488 g/mol. The first-order chi connectivity index (χ1) is 17.5. The zero-order chi connectivity index (χ0) is 25.1. The summed E-state index contributed by atoms with van der Waals surface area (Å²) in [6.45, 7) is 7.52. The van der Waals surface area contributed by atoms with Gasteiger partial charge < -0.3 is 24.5 Å². The van der Waals surface area contributed by atoms with E-state index in [1.165, 1.54) is 18.9 Å². The zero-order valence-corrected chi connectivity index (χ0v) is 20.4. The summed E-state index contributed by atoms with van der Waals surface area (Å²) in [6.07, 6.45) is 4.07. The number of hydrogen-bond acceptors (Lipinski definition) is 8. The number of nitrogens with one attached hydrogen (secondary N) is 2. The number of rotatable bonds is 8. The summed E-state index contributed by atoms with van der Waals surface area (Å²) in [7, 11) is 0. The predicted octanol–water partition coefficient (Wildman–Crippen LogP) is 3.60. The number of pyridine rings is 1. The third kappa shape index (κ3) is 4.99. The lowest BCUT2D eigenvalue weighted by Gasteiger charge is -2.14. The summed E-state index contributed by atoms with van der Waals surface area (Å²) in [5, 5.41) is 14.6. The summed E-state index contributed by atoms with van der Waals surface area (Å²) in [4.78, 5) is 32.6. The van der Waals surface area contributed by atoms with Crippen LogP contribution >= 0.6 is 0 Å². The second-order valence-electron chi connectivity index (χ2n) is 9.15. The molecule has 186 valence electrons. The quantitative estimate of drug-likeness (QED) is 0.387. The van der Waals surface area contributed by atoms with Crippen molar-refractivity contribution in [3.63, 3.8) is 0 Å². The Morgan fingerprint density at radius 2 is 1.94 bits per heavy atom. The molecular weight excluding hydrogens is 458 g/mol. The second-order valence-corrected chi connectivity index (χ2v) is 9.15. The van der Waals surface area contributed by atoms with Crippen LogP contribution in [-0.4, -0.2) is 56.7 Å². The topological polar surface area (TPSA) is 118 Å². The van der Waals surface area contributed by atoms with E-state index in [2.05, 4.69) is 30.7 Å². The van der Waals surface area contributed by atoms with Gasteiger partial charge in [0.25, 0.3) is 5.91 Å². The molecule has 1 aliphatic heterocycles. The van der Waals surface area contributed by atoms with Gasteiger partial charge in [0.15, 0.2) is 17.0 Å². The van der Waals surface area contributed by atoms with Gasteiger partial charge in [-0.05, 0) is 64.0 Å². The number of hydrogen-bond donors (Lipinski definition) is 2. The van der Waals surface area contributed by atoms with E-state index in [0.717, 1.165) is 19.6 Å². The van der Waals surface area contributed by atoms with Crippen molar-refractivity contribution in [2.24, 2.45) is 0 Å². The van der Waals surface area contributed by atoms with Crippen LogP contribution in [0.3, 0.4) is 0 Å². The van der Waals surface area contributed by atoms with Gasteiger partial charge in [-0.2, -0.15) is 0 Å². The maximum Gasteiger partial charge on any atom is 0.287 e. The third-order valence-electron chi connectivity index (χ3n) is 6.26. The molecule has 10 nitrogen and oxygen atoms in total. The van der Waals surface area contributed by atoms with Gasteiger partial charge in [0.2, 0.25) is 0 Å². The monoisotopic (exact) mass is 487 g/mol. The molecule has 10 heteroatoms. The molecular formula is C26H29N7O3. The first-order valence-electron chi connectivity index (χ1n) is 12.2. The van der Waals surface area contributed by atoms with Crippen LogP contribution in [0.4, 0.5) is 11.5 Å². The Hall–Kier alpha value is -4.05. The highest BCUT2D eigenvalue weighted by Crippen LogP contribution is 2.26. The lowest BCUT2D eigenvalue weighted by atomic mass is 10.1. The van der Waals surface area contributed by atoms with Crippen molar-refractivity contribution >= 4 is 28.4 Å². The van der Waals surface area contributed by atoms with Crippen molar-refractivity contribution in [3.05, 3.63) is 64.8 Å². The van der Waals surface area contributed by atoms with Crippen molar-refractivity contribution in [2.45, 2.75) is 32.7 Å². The van der Waals surface area contributed by atoms with Gasteiger partial charge >= 0.3 is 0 Å². The van der Waals surface area contributed by atoms with Crippen LogP contribution in [0.1, 0.15) is 43.3 Å². The van der Waals surface area contributed by atoms with Crippen molar-refractivity contribution < 1.29 is 9.21 Å². The van der Waals surface area contributed by atoms with E-state index < -0.39 is 5.91 Å². The number of aromatic nitrogens is 4. The number of carbonyl (C=O) groups is 1. The molecule has 4 aromatic rings. The molecule has 0 unspecified atom stereocenters. The molecule has 0 aliphatic carbocycles. The second kappa shape index (κ2) is 10.3. The molecule has 0 spiro atoms. The number of carbonyl (C=O) groups excluding carboxylic acids is 1. The highest BCUT2D eigenvalue weighted by molar-refractivity contribution is 5.96. The Morgan fingerprint density at radius 3 is 2.75 bits per heavy atom. The molecule has 36 heavy (non-hydrogen) atoms. The number of amides is 1. The highest BCUT2D eigenvalue weighted by Gasteiger charge is 2.17. The summed E-state index contributed by atoms with van der Waals surface area (Å²) in [6, 6.07) is 12.2. The van der Waals surface area contributed by atoms with Crippen molar-refractivity contribution in [3.8, 4) is 11.5 Å². The Labute approximate surface area is 208 Å². The first kappa shape index (κ1) is 23.7. The number of likely N-dealkylation sites (tertiary alicyclic amines) is 1. The number of benzene rings is 1. The van der Waals surface area contributed by atoms with Crippen LogP contribution in [0.25, 0.3) is 22.5 Å². The van der Waals surface area contributed by atoms with Crippen molar-refractivity contribution in [1.82, 2.24) is 30.0 Å². The summed E-state index contributed by atoms with van der Waals surface area (Å²) < 4.78 is 7.76. The van der Waals surface area contributed by atoms with Crippen LogP contribution in [0.5, 0.6) is 0 Å². The Kier molecular flexibility index (Phi) is 6.77. The highest BCUT2D eigenvalue weighted by atomic mass is 16.3. The molecule has 0 saturated carbocycles.